The Kier molecular flexibility index (Phi) is 8.58. The molecule has 2 aromatic carbocycles. The molecule has 32 heavy (non-hydrogen) atoms. The highest BCUT2D eigenvalue weighted by atomic mass is 35.5. The summed E-state index contributed by atoms with van der Waals surface area (Å²) in [6.45, 7) is 1.75. The minimum absolute atomic E-state index is 0.210. The van der Waals surface area contributed by atoms with Crippen LogP contribution in [-0.4, -0.2) is 30.1 Å². The molecular formula is C23H23ClN2O5S. The van der Waals surface area contributed by atoms with Gasteiger partial charge in [-0.15, -0.1) is 0 Å². The number of anilines is 1. The Labute approximate surface area is 195 Å². The highest BCUT2D eigenvalue weighted by Crippen LogP contribution is 2.30. The zero-order valence-corrected chi connectivity index (χ0v) is 19.2. The Morgan fingerprint density at radius 1 is 1.19 bits per heavy atom. The van der Waals surface area contributed by atoms with Crippen LogP contribution in [0.1, 0.15) is 30.6 Å². The maximum Gasteiger partial charge on any atom is 0.412 e. The van der Waals surface area contributed by atoms with Gasteiger partial charge in [0.05, 0.1) is 19.7 Å². The molecule has 0 aliphatic rings. The zero-order chi connectivity index (χ0) is 22.9. The van der Waals surface area contributed by atoms with E-state index in [0.29, 0.717) is 28.6 Å². The van der Waals surface area contributed by atoms with Crippen LogP contribution in [0.4, 0.5) is 10.5 Å². The van der Waals surface area contributed by atoms with Gasteiger partial charge in [0.25, 0.3) is 0 Å². The van der Waals surface area contributed by atoms with E-state index in [0.717, 1.165) is 22.4 Å². The first-order valence-corrected chi connectivity index (χ1v) is 11.4. The van der Waals surface area contributed by atoms with Gasteiger partial charge >= 0.3 is 12.1 Å². The maximum atomic E-state index is 12.4. The van der Waals surface area contributed by atoms with Crippen molar-refractivity contribution in [2.45, 2.75) is 25.2 Å². The summed E-state index contributed by atoms with van der Waals surface area (Å²) in [5, 5.41) is 7.00. The number of benzene rings is 2. The summed E-state index contributed by atoms with van der Waals surface area (Å²) in [6, 6.07) is 14.9. The summed E-state index contributed by atoms with van der Waals surface area (Å²) < 4.78 is 15.4. The lowest BCUT2D eigenvalue weighted by molar-refractivity contribution is -0.140. The van der Waals surface area contributed by atoms with E-state index in [2.05, 4.69) is 15.2 Å². The topological polar surface area (TPSA) is 90.7 Å². The van der Waals surface area contributed by atoms with E-state index in [4.69, 9.17) is 20.9 Å². The Morgan fingerprint density at radius 2 is 1.94 bits per heavy atom. The number of ether oxygens (including phenoxy) is 2. The van der Waals surface area contributed by atoms with E-state index in [-0.39, 0.29) is 5.97 Å². The number of nitrogens with one attached hydrogen (secondary N) is 1. The number of amides is 1. The van der Waals surface area contributed by atoms with Crippen molar-refractivity contribution in [1.29, 1.82) is 0 Å². The minimum atomic E-state index is -0.638. The quantitative estimate of drug-likeness (QED) is 0.296. The van der Waals surface area contributed by atoms with Gasteiger partial charge in [-0.1, -0.05) is 59.2 Å². The second kappa shape index (κ2) is 11.6. The van der Waals surface area contributed by atoms with Crippen molar-refractivity contribution in [3.8, 4) is 11.3 Å². The van der Waals surface area contributed by atoms with E-state index in [1.165, 1.54) is 13.3 Å². The number of hydrogen-bond acceptors (Lipinski definition) is 7. The van der Waals surface area contributed by atoms with Crippen LogP contribution in [0.2, 0.25) is 5.02 Å². The second-order valence-corrected chi connectivity index (χ2v) is 8.35. The van der Waals surface area contributed by atoms with Gasteiger partial charge in [-0.05, 0) is 18.6 Å². The molecule has 0 saturated carbocycles. The molecule has 0 aliphatic carbocycles. The lowest BCUT2D eigenvalue weighted by Gasteiger charge is -2.15. The van der Waals surface area contributed by atoms with Crippen LogP contribution < -0.4 is 5.32 Å². The summed E-state index contributed by atoms with van der Waals surface area (Å²) >= 11 is 7.82. The van der Waals surface area contributed by atoms with Crippen LogP contribution in [0.3, 0.4) is 0 Å². The normalized spacial score (nSPS) is 11.6. The highest BCUT2D eigenvalue weighted by Gasteiger charge is 2.18. The number of halogens is 1. The summed E-state index contributed by atoms with van der Waals surface area (Å²) in [5.74, 6) is 1.68. The summed E-state index contributed by atoms with van der Waals surface area (Å²) in [7, 11) is 1.39. The van der Waals surface area contributed by atoms with Crippen LogP contribution in [0.5, 0.6) is 0 Å². The molecule has 1 atom stereocenters. The van der Waals surface area contributed by atoms with Gasteiger partial charge in [-0.2, -0.15) is 11.8 Å². The summed E-state index contributed by atoms with van der Waals surface area (Å²) in [6.07, 6.45) is 0.647. The average Bonchev–Trinajstić information content (AvgIpc) is 3.25. The Balaban J connectivity index is 1.57. The van der Waals surface area contributed by atoms with Crippen LogP contribution in [0, 0.1) is 0 Å². The average molecular weight is 475 g/mol. The number of thioether (sulfide) groups is 1. The maximum absolute atomic E-state index is 12.4. The van der Waals surface area contributed by atoms with Gasteiger partial charge in [-0.3, -0.25) is 10.1 Å². The second-order valence-electron chi connectivity index (χ2n) is 6.84. The monoisotopic (exact) mass is 474 g/mol. The van der Waals surface area contributed by atoms with Gasteiger partial charge < -0.3 is 14.0 Å². The molecule has 1 unspecified atom stereocenters. The van der Waals surface area contributed by atoms with E-state index < -0.39 is 12.2 Å². The van der Waals surface area contributed by atoms with Gasteiger partial charge in [0, 0.05) is 27.7 Å². The molecule has 0 saturated heterocycles. The first-order valence-electron chi connectivity index (χ1n) is 9.88. The van der Waals surface area contributed by atoms with Crippen LogP contribution in [0.25, 0.3) is 11.3 Å². The third kappa shape index (κ3) is 6.51. The molecule has 3 aromatic rings. The molecule has 7 nitrogen and oxygen atoms in total. The molecule has 9 heteroatoms. The summed E-state index contributed by atoms with van der Waals surface area (Å²) in [4.78, 5) is 23.5. The fraction of sp³-hybridized carbons (Fsp3) is 0.261. The number of nitrogens with zero attached hydrogens (tertiary/aromatic N) is 1. The largest absolute Gasteiger partial charge is 0.469 e. The van der Waals surface area contributed by atoms with Crippen molar-refractivity contribution >= 4 is 41.1 Å². The van der Waals surface area contributed by atoms with Crippen molar-refractivity contribution < 1.29 is 23.6 Å². The highest BCUT2D eigenvalue weighted by molar-refractivity contribution is 7.98. The SMILES string of the molecule is COC(=O)CCSCc1ccc(-c2oncc2NC(=O)OC(C)c2ccccc2Cl)cc1. The summed E-state index contributed by atoms with van der Waals surface area (Å²) in [5.41, 5.74) is 2.99. The first-order chi connectivity index (χ1) is 15.5. The fourth-order valence-corrected chi connectivity index (χ4v) is 4.08. The molecule has 1 N–H and O–H groups in total. The number of aromatic nitrogens is 1. The minimum Gasteiger partial charge on any atom is -0.469 e. The molecule has 1 aromatic heterocycles. The van der Waals surface area contributed by atoms with Crippen molar-refractivity contribution in [3.05, 3.63) is 70.9 Å². The van der Waals surface area contributed by atoms with E-state index in [1.807, 2.05) is 36.4 Å². The standard InChI is InChI=1S/C23H23ClN2O5S/c1-15(18-5-3-4-6-19(18)24)30-23(28)26-20-13-25-31-22(20)17-9-7-16(8-10-17)14-32-12-11-21(27)29-2/h3-10,13,15H,11-12,14H2,1-2H3,(H,26,28). The lowest BCUT2D eigenvalue weighted by Crippen LogP contribution is -2.16. The molecule has 0 aliphatic heterocycles. The predicted molar refractivity (Wildman–Crippen MR) is 125 cm³/mol. The van der Waals surface area contributed by atoms with Crippen LogP contribution >= 0.6 is 23.4 Å². The van der Waals surface area contributed by atoms with Crippen molar-refractivity contribution in [2.24, 2.45) is 0 Å². The van der Waals surface area contributed by atoms with Crippen molar-refractivity contribution in [2.75, 3.05) is 18.2 Å². The van der Waals surface area contributed by atoms with Crippen molar-refractivity contribution in [1.82, 2.24) is 5.16 Å². The number of hydrogen-bond donors (Lipinski definition) is 1. The lowest BCUT2D eigenvalue weighted by atomic mass is 10.1. The molecule has 0 fully saturated rings. The third-order valence-electron chi connectivity index (χ3n) is 4.60. The molecule has 1 heterocycles. The molecule has 0 spiro atoms. The van der Waals surface area contributed by atoms with Crippen LogP contribution in [-0.2, 0) is 20.0 Å². The smallest absolute Gasteiger partial charge is 0.412 e. The number of rotatable bonds is 9. The molecule has 3 rings (SSSR count). The van der Waals surface area contributed by atoms with Crippen LogP contribution in [0.15, 0.2) is 59.3 Å². The third-order valence-corrected chi connectivity index (χ3v) is 5.97. The number of carbonyl (C=O) groups is 2. The molecular weight excluding hydrogens is 452 g/mol. The van der Waals surface area contributed by atoms with Gasteiger partial charge in [0.1, 0.15) is 11.8 Å². The Bertz CT molecular complexity index is 1050. The van der Waals surface area contributed by atoms with E-state index >= 15 is 0 Å². The Morgan fingerprint density at radius 3 is 2.66 bits per heavy atom. The molecule has 0 bridgehead atoms. The zero-order valence-electron chi connectivity index (χ0n) is 17.7. The molecule has 1 amide bonds. The van der Waals surface area contributed by atoms with E-state index in [9.17, 15) is 9.59 Å². The molecule has 0 radical (unpaired) electrons. The first kappa shape index (κ1) is 23.7. The molecule has 168 valence electrons. The number of carbonyl (C=O) groups excluding carboxylic acids is 2. The van der Waals surface area contributed by atoms with E-state index in [1.54, 1.807) is 30.8 Å². The number of methoxy groups -OCH3 is 1. The van der Waals surface area contributed by atoms with Gasteiger partial charge in [-0.25, -0.2) is 4.79 Å². The van der Waals surface area contributed by atoms with Crippen molar-refractivity contribution in [3.63, 3.8) is 0 Å². The van der Waals surface area contributed by atoms with Gasteiger partial charge in [0.15, 0.2) is 5.76 Å². The number of esters is 1. The Hall–Kier alpha value is -2.97. The predicted octanol–water partition coefficient (Wildman–Crippen LogP) is 6.10. The van der Waals surface area contributed by atoms with Gasteiger partial charge in [0.2, 0.25) is 0 Å². The fourth-order valence-electron chi connectivity index (χ4n) is 2.90.